The van der Waals surface area contributed by atoms with Crippen LogP contribution in [0.15, 0.2) is 35.1 Å². The third-order valence-electron chi connectivity index (χ3n) is 3.88. The van der Waals surface area contributed by atoms with Crippen LogP contribution in [0.4, 0.5) is 5.69 Å². The van der Waals surface area contributed by atoms with Gasteiger partial charge in [0.05, 0.1) is 5.69 Å². The molecule has 0 spiro atoms. The normalized spacial score (nSPS) is 14.3. The fourth-order valence-corrected chi connectivity index (χ4v) is 2.74. The number of hydrogen-bond acceptors (Lipinski definition) is 4. The highest BCUT2D eigenvalue weighted by molar-refractivity contribution is 5.84. The lowest BCUT2D eigenvalue weighted by Gasteiger charge is -2.18. The van der Waals surface area contributed by atoms with Gasteiger partial charge < -0.3 is 10.0 Å². The Morgan fingerprint density at radius 1 is 1.14 bits per heavy atom. The Kier molecular flexibility index (Phi) is 3.66. The van der Waals surface area contributed by atoms with E-state index in [1.807, 2.05) is 24.3 Å². The highest BCUT2D eigenvalue weighted by atomic mass is 16.4. The first kappa shape index (κ1) is 14.3. The lowest BCUT2D eigenvalue weighted by Crippen LogP contribution is -2.22. The molecule has 0 bridgehead atoms. The number of hydrogen-bond donors (Lipinski definition) is 1. The van der Waals surface area contributed by atoms with Crippen LogP contribution in [0, 0.1) is 6.92 Å². The van der Waals surface area contributed by atoms with Crippen LogP contribution < -0.4 is 10.3 Å². The summed E-state index contributed by atoms with van der Waals surface area (Å²) >= 11 is 0. The predicted octanol–water partition coefficient (Wildman–Crippen LogP) is 1.84. The summed E-state index contributed by atoms with van der Waals surface area (Å²) in [5.74, 6) is -1.31. The van der Waals surface area contributed by atoms with Crippen LogP contribution in [0.1, 0.15) is 29.0 Å². The van der Waals surface area contributed by atoms with Gasteiger partial charge in [-0.1, -0.05) is 0 Å². The van der Waals surface area contributed by atoms with Crippen molar-refractivity contribution in [1.29, 1.82) is 0 Å². The molecule has 1 saturated heterocycles. The summed E-state index contributed by atoms with van der Waals surface area (Å²) in [6.45, 7) is 3.87. The van der Waals surface area contributed by atoms with Crippen LogP contribution in [0.3, 0.4) is 0 Å². The Hall–Kier alpha value is -2.63. The fourth-order valence-electron chi connectivity index (χ4n) is 2.74. The minimum Gasteiger partial charge on any atom is -0.476 e. The number of aromatic carboxylic acids is 1. The van der Waals surface area contributed by atoms with Gasteiger partial charge in [0.25, 0.3) is 0 Å². The quantitative estimate of drug-likeness (QED) is 0.936. The lowest BCUT2D eigenvalue weighted by molar-refractivity contribution is 0.0686. The number of aryl methyl sites for hydroxylation is 1. The second-order valence-corrected chi connectivity index (χ2v) is 5.43. The molecule has 1 N–H and O–H groups in total. The fraction of sp³-hybridized carbons (Fsp3) is 0.312. The van der Waals surface area contributed by atoms with Gasteiger partial charge in [-0.05, 0) is 44.0 Å². The number of carbonyl (C=O) groups is 1. The van der Waals surface area contributed by atoms with Gasteiger partial charge in [0.15, 0.2) is 0 Å². The number of rotatable bonds is 3. The van der Waals surface area contributed by atoms with E-state index in [2.05, 4.69) is 10.00 Å². The first-order chi connectivity index (χ1) is 10.6. The number of carboxylic acid groups (broad SMARTS) is 1. The van der Waals surface area contributed by atoms with Gasteiger partial charge in [0.2, 0.25) is 11.1 Å². The number of nitrogens with zero attached hydrogens (tertiary/aromatic N) is 3. The Labute approximate surface area is 127 Å². The zero-order valence-electron chi connectivity index (χ0n) is 12.3. The maximum atomic E-state index is 11.6. The molecular weight excluding hydrogens is 282 g/mol. The molecule has 0 amide bonds. The molecule has 0 aliphatic carbocycles. The van der Waals surface area contributed by atoms with Crippen LogP contribution in [0.5, 0.6) is 0 Å². The second kappa shape index (κ2) is 5.63. The molecule has 1 aromatic heterocycles. The molecule has 0 radical (unpaired) electrons. The Morgan fingerprint density at radius 2 is 1.73 bits per heavy atom. The van der Waals surface area contributed by atoms with Crippen LogP contribution >= 0.6 is 0 Å². The molecule has 1 aromatic carbocycles. The summed E-state index contributed by atoms with van der Waals surface area (Å²) in [4.78, 5) is 25.0. The van der Waals surface area contributed by atoms with Crippen molar-refractivity contribution in [2.45, 2.75) is 19.8 Å². The van der Waals surface area contributed by atoms with Gasteiger partial charge in [-0.15, -0.1) is 0 Å². The topological polar surface area (TPSA) is 75.4 Å². The average molecular weight is 299 g/mol. The van der Waals surface area contributed by atoms with Crippen molar-refractivity contribution in [1.82, 2.24) is 9.78 Å². The molecule has 3 rings (SSSR count). The molecule has 1 fully saturated rings. The van der Waals surface area contributed by atoms with E-state index in [4.69, 9.17) is 5.11 Å². The molecule has 1 aliphatic heterocycles. The SMILES string of the molecule is Cc1cc(=O)c(C(=O)O)nn1-c1ccc(N2CCCC2)cc1. The van der Waals surface area contributed by atoms with Gasteiger partial charge >= 0.3 is 5.97 Å². The highest BCUT2D eigenvalue weighted by Gasteiger charge is 2.15. The molecule has 0 saturated carbocycles. The molecule has 0 atom stereocenters. The second-order valence-electron chi connectivity index (χ2n) is 5.43. The summed E-state index contributed by atoms with van der Waals surface area (Å²) < 4.78 is 1.48. The molecule has 114 valence electrons. The van der Waals surface area contributed by atoms with Crippen LogP contribution in [-0.2, 0) is 0 Å². The van der Waals surface area contributed by atoms with E-state index in [0.717, 1.165) is 24.5 Å². The van der Waals surface area contributed by atoms with E-state index in [9.17, 15) is 9.59 Å². The summed E-state index contributed by atoms with van der Waals surface area (Å²) in [5, 5.41) is 13.0. The Bertz CT molecular complexity index is 759. The van der Waals surface area contributed by atoms with E-state index < -0.39 is 17.1 Å². The summed E-state index contributed by atoms with van der Waals surface area (Å²) in [7, 11) is 0. The van der Waals surface area contributed by atoms with Crippen LogP contribution in [0.25, 0.3) is 5.69 Å². The van der Waals surface area contributed by atoms with Crippen molar-refractivity contribution in [2.24, 2.45) is 0 Å². The monoisotopic (exact) mass is 299 g/mol. The van der Waals surface area contributed by atoms with Crippen LogP contribution in [0.2, 0.25) is 0 Å². The van der Waals surface area contributed by atoms with Crippen molar-refractivity contribution in [3.8, 4) is 5.69 Å². The van der Waals surface area contributed by atoms with Gasteiger partial charge in [0.1, 0.15) is 0 Å². The zero-order chi connectivity index (χ0) is 15.7. The maximum Gasteiger partial charge on any atom is 0.360 e. The predicted molar refractivity (Wildman–Crippen MR) is 83.0 cm³/mol. The van der Waals surface area contributed by atoms with Crippen LogP contribution in [-0.4, -0.2) is 33.9 Å². The van der Waals surface area contributed by atoms with E-state index in [1.165, 1.54) is 23.6 Å². The number of aromatic nitrogens is 2. The minimum absolute atomic E-state index is 0.464. The summed E-state index contributed by atoms with van der Waals surface area (Å²) in [6.07, 6.45) is 2.42. The van der Waals surface area contributed by atoms with Crippen molar-refractivity contribution in [3.05, 3.63) is 51.9 Å². The Morgan fingerprint density at radius 3 is 2.32 bits per heavy atom. The third-order valence-corrected chi connectivity index (χ3v) is 3.88. The number of benzene rings is 1. The van der Waals surface area contributed by atoms with Gasteiger partial charge in [0, 0.05) is 30.5 Å². The standard InChI is InChI=1S/C16H17N3O3/c1-11-10-14(20)15(16(21)22)17-19(11)13-6-4-12(5-7-13)18-8-2-3-9-18/h4-7,10H,2-3,8-9H2,1H3,(H,21,22). The molecule has 2 heterocycles. The van der Waals surface area contributed by atoms with Gasteiger partial charge in [-0.2, -0.15) is 5.10 Å². The molecule has 0 unspecified atom stereocenters. The smallest absolute Gasteiger partial charge is 0.360 e. The summed E-state index contributed by atoms with van der Waals surface area (Å²) in [6, 6.07) is 9.08. The van der Waals surface area contributed by atoms with E-state index in [1.54, 1.807) is 6.92 Å². The van der Waals surface area contributed by atoms with Gasteiger partial charge in [-0.3, -0.25) is 4.79 Å². The lowest BCUT2D eigenvalue weighted by atomic mass is 10.2. The molecule has 6 heteroatoms. The molecule has 6 nitrogen and oxygen atoms in total. The Balaban J connectivity index is 1.98. The largest absolute Gasteiger partial charge is 0.476 e. The van der Waals surface area contributed by atoms with Crippen molar-refractivity contribution in [3.63, 3.8) is 0 Å². The third kappa shape index (κ3) is 2.59. The van der Waals surface area contributed by atoms with E-state index in [-0.39, 0.29) is 0 Å². The van der Waals surface area contributed by atoms with E-state index >= 15 is 0 Å². The van der Waals surface area contributed by atoms with Gasteiger partial charge in [-0.25, -0.2) is 9.48 Å². The average Bonchev–Trinajstić information content (AvgIpc) is 3.01. The molecular formula is C16H17N3O3. The maximum absolute atomic E-state index is 11.6. The minimum atomic E-state index is -1.31. The highest BCUT2D eigenvalue weighted by Crippen LogP contribution is 2.21. The molecule has 22 heavy (non-hydrogen) atoms. The van der Waals surface area contributed by atoms with Crippen molar-refractivity contribution < 1.29 is 9.90 Å². The first-order valence-electron chi connectivity index (χ1n) is 7.26. The van der Waals surface area contributed by atoms with Crippen molar-refractivity contribution >= 4 is 11.7 Å². The first-order valence-corrected chi connectivity index (χ1v) is 7.26. The number of anilines is 1. The number of carboxylic acids is 1. The zero-order valence-corrected chi connectivity index (χ0v) is 12.3. The molecule has 2 aromatic rings. The van der Waals surface area contributed by atoms with Crippen molar-refractivity contribution in [2.75, 3.05) is 18.0 Å². The summed E-state index contributed by atoms with van der Waals surface area (Å²) in [5.41, 5.74) is 1.45. The van der Waals surface area contributed by atoms with E-state index in [0.29, 0.717) is 5.69 Å². The molecule has 1 aliphatic rings.